The van der Waals surface area contributed by atoms with Gasteiger partial charge in [0, 0.05) is 0 Å². The zero-order valence-electron chi connectivity index (χ0n) is 21.7. The lowest BCUT2D eigenvalue weighted by molar-refractivity contribution is -0.0630. The number of fused-ring (bicyclic) bond motifs is 1. The highest BCUT2D eigenvalue weighted by molar-refractivity contribution is 6.74. The number of hydrogen-bond donors (Lipinski definition) is 1. The molecule has 1 aliphatic heterocycles. The molecule has 0 bridgehead atoms. The van der Waals surface area contributed by atoms with E-state index in [0.29, 0.717) is 16.7 Å². The standard InChI is InChI=1S/C25H32Cl2N4O5Si/c1-24(2,3)37(5,6)36-18-16(12-32)35-22(31-14-28-17-19(26)29-23(27)30-20(17)31)25(18,4)13-34-21(33)15-10-8-7-9-11-15/h7-11,14,16,18,22,32H,12-13H2,1-6H3/t16-,18-,22-,25-/m1/s1. The molecule has 1 aromatic carbocycles. The summed E-state index contributed by atoms with van der Waals surface area (Å²) in [6.07, 6.45) is -0.524. The lowest BCUT2D eigenvalue weighted by atomic mass is 9.83. The van der Waals surface area contributed by atoms with Crippen LogP contribution >= 0.6 is 23.2 Å². The first kappa shape index (κ1) is 27.9. The van der Waals surface area contributed by atoms with E-state index in [9.17, 15) is 9.90 Å². The smallest absolute Gasteiger partial charge is 0.338 e. The topological polar surface area (TPSA) is 109 Å². The summed E-state index contributed by atoms with van der Waals surface area (Å²) >= 11 is 12.4. The molecular formula is C25H32Cl2N4O5Si. The summed E-state index contributed by atoms with van der Waals surface area (Å²) in [7, 11) is -2.35. The second-order valence-electron chi connectivity index (χ2n) is 11.1. The van der Waals surface area contributed by atoms with Crippen LogP contribution in [0.25, 0.3) is 11.2 Å². The van der Waals surface area contributed by atoms with Crippen molar-refractivity contribution in [2.24, 2.45) is 5.41 Å². The van der Waals surface area contributed by atoms with Gasteiger partial charge >= 0.3 is 5.97 Å². The first-order valence-corrected chi connectivity index (χ1v) is 15.7. The molecule has 0 unspecified atom stereocenters. The molecule has 0 saturated carbocycles. The number of aliphatic hydroxyl groups is 1. The Morgan fingerprint density at radius 1 is 1.22 bits per heavy atom. The molecule has 4 atom stereocenters. The van der Waals surface area contributed by atoms with Crippen molar-refractivity contribution >= 4 is 48.7 Å². The fourth-order valence-electron chi connectivity index (χ4n) is 4.25. The number of carbonyl (C=O) groups is 1. The molecule has 200 valence electrons. The summed E-state index contributed by atoms with van der Waals surface area (Å²) in [5.41, 5.74) is 0.208. The molecular weight excluding hydrogens is 535 g/mol. The monoisotopic (exact) mass is 566 g/mol. The first-order valence-electron chi connectivity index (χ1n) is 12.0. The van der Waals surface area contributed by atoms with Crippen LogP contribution in [0.2, 0.25) is 28.6 Å². The van der Waals surface area contributed by atoms with Crippen LogP contribution in [0.3, 0.4) is 0 Å². The van der Waals surface area contributed by atoms with Crippen molar-refractivity contribution in [3.63, 3.8) is 0 Å². The Hall–Kier alpha value is -2.08. The first-order chi connectivity index (χ1) is 17.3. The third kappa shape index (κ3) is 5.28. The van der Waals surface area contributed by atoms with Gasteiger partial charge in [-0.05, 0) is 48.8 Å². The number of imidazole rings is 1. The number of halogens is 2. The molecule has 4 rings (SSSR count). The van der Waals surface area contributed by atoms with Crippen molar-refractivity contribution in [2.75, 3.05) is 13.2 Å². The maximum atomic E-state index is 12.9. The molecule has 0 radical (unpaired) electrons. The molecule has 1 aliphatic rings. The number of rotatable bonds is 7. The zero-order valence-corrected chi connectivity index (χ0v) is 24.2. The highest BCUT2D eigenvalue weighted by Crippen LogP contribution is 2.51. The van der Waals surface area contributed by atoms with Gasteiger partial charge in [-0.2, -0.15) is 4.98 Å². The molecule has 3 aromatic rings. The molecule has 9 nitrogen and oxygen atoms in total. The van der Waals surface area contributed by atoms with Crippen LogP contribution < -0.4 is 0 Å². The van der Waals surface area contributed by atoms with E-state index < -0.39 is 38.1 Å². The molecule has 1 N–H and O–H groups in total. The summed E-state index contributed by atoms with van der Waals surface area (Å²) in [6.45, 7) is 12.2. The number of esters is 1. The van der Waals surface area contributed by atoms with Gasteiger partial charge in [0.25, 0.3) is 0 Å². The quantitative estimate of drug-likeness (QED) is 0.178. The fourth-order valence-corrected chi connectivity index (χ4v) is 6.08. The number of hydrogen-bond acceptors (Lipinski definition) is 8. The lowest BCUT2D eigenvalue weighted by Gasteiger charge is -2.43. The summed E-state index contributed by atoms with van der Waals surface area (Å²) in [6, 6.07) is 8.76. The van der Waals surface area contributed by atoms with Gasteiger partial charge in [0.15, 0.2) is 19.1 Å². The van der Waals surface area contributed by atoms with Crippen LogP contribution in [0.4, 0.5) is 0 Å². The lowest BCUT2D eigenvalue weighted by Crippen LogP contribution is -2.52. The summed E-state index contributed by atoms with van der Waals surface area (Å²) in [4.78, 5) is 25.6. The Morgan fingerprint density at radius 3 is 2.51 bits per heavy atom. The van der Waals surface area contributed by atoms with E-state index in [1.807, 2.05) is 13.0 Å². The van der Waals surface area contributed by atoms with E-state index in [2.05, 4.69) is 48.8 Å². The summed E-state index contributed by atoms with van der Waals surface area (Å²) < 4.78 is 20.8. The van der Waals surface area contributed by atoms with Gasteiger partial charge < -0.3 is 19.0 Å². The van der Waals surface area contributed by atoms with Crippen molar-refractivity contribution in [3.05, 3.63) is 52.7 Å². The van der Waals surface area contributed by atoms with E-state index in [-0.39, 0.29) is 28.7 Å². The van der Waals surface area contributed by atoms with Crippen LogP contribution in [0.15, 0.2) is 36.7 Å². The molecule has 2 aromatic heterocycles. The highest BCUT2D eigenvalue weighted by Gasteiger charge is 2.58. The second kappa shape index (κ2) is 10.2. The van der Waals surface area contributed by atoms with E-state index in [1.54, 1.807) is 28.8 Å². The zero-order chi connectivity index (χ0) is 27.2. The average molecular weight is 568 g/mol. The Balaban J connectivity index is 1.78. The Labute approximate surface area is 227 Å². The molecule has 12 heteroatoms. The van der Waals surface area contributed by atoms with Crippen LogP contribution in [-0.4, -0.2) is 64.3 Å². The SMILES string of the molecule is CC(C)(C)[Si](C)(C)O[C@@H]1[C@@H](CO)O[C@@H](n2cnc3c(Cl)nc(Cl)nc32)[C@]1(C)COC(=O)c1ccccc1. The van der Waals surface area contributed by atoms with E-state index in [1.165, 1.54) is 6.33 Å². The third-order valence-electron chi connectivity index (χ3n) is 7.39. The van der Waals surface area contributed by atoms with Crippen molar-refractivity contribution in [1.82, 2.24) is 19.5 Å². The summed E-state index contributed by atoms with van der Waals surface area (Å²) in [5, 5.41) is 10.3. The fraction of sp³-hybridized carbons (Fsp3) is 0.520. The highest BCUT2D eigenvalue weighted by atomic mass is 35.5. The maximum absolute atomic E-state index is 12.9. The minimum Gasteiger partial charge on any atom is -0.461 e. The number of carbonyl (C=O) groups excluding carboxylic acids is 1. The molecule has 1 fully saturated rings. The molecule has 0 aliphatic carbocycles. The maximum Gasteiger partial charge on any atom is 0.338 e. The number of nitrogens with zero attached hydrogens (tertiary/aromatic N) is 4. The van der Waals surface area contributed by atoms with E-state index >= 15 is 0 Å². The average Bonchev–Trinajstić information content (AvgIpc) is 3.36. The van der Waals surface area contributed by atoms with Gasteiger partial charge in [0.2, 0.25) is 5.28 Å². The molecule has 0 amide bonds. The van der Waals surface area contributed by atoms with Crippen molar-refractivity contribution in [2.45, 2.75) is 64.3 Å². The molecule has 0 spiro atoms. The Kier molecular flexibility index (Phi) is 7.73. The second-order valence-corrected chi connectivity index (χ2v) is 16.5. The molecule has 1 saturated heterocycles. The predicted molar refractivity (Wildman–Crippen MR) is 143 cm³/mol. The van der Waals surface area contributed by atoms with Crippen molar-refractivity contribution in [1.29, 1.82) is 0 Å². The van der Waals surface area contributed by atoms with E-state index in [4.69, 9.17) is 37.1 Å². The number of ether oxygens (including phenoxy) is 2. The predicted octanol–water partition coefficient (Wildman–Crippen LogP) is 5.28. The van der Waals surface area contributed by atoms with Crippen molar-refractivity contribution < 1.29 is 23.8 Å². The van der Waals surface area contributed by atoms with Crippen LogP contribution in [-0.2, 0) is 13.9 Å². The van der Waals surface area contributed by atoms with Gasteiger partial charge in [0.1, 0.15) is 24.5 Å². The Bertz CT molecular complexity index is 1280. The van der Waals surface area contributed by atoms with Crippen LogP contribution in [0, 0.1) is 5.41 Å². The van der Waals surface area contributed by atoms with Gasteiger partial charge in [-0.3, -0.25) is 4.57 Å². The third-order valence-corrected chi connectivity index (χ3v) is 12.3. The van der Waals surface area contributed by atoms with Crippen molar-refractivity contribution in [3.8, 4) is 0 Å². The minimum absolute atomic E-state index is 0.0396. The van der Waals surface area contributed by atoms with Gasteiger partial charge in [-0.25, -0.2) is 14.8 Å². The van der Waals surface area contributed by atoms with Gasteiger partial charge in [-0.1, -0.05) is 50.6 Å². The number of benzene rings is 1. The minimum atomic E-state index is -2.35. The Morgan fingerprint density at radius 2 is 1.89 bits per heavy atom. The van der Waals surface area contributed by atoms with Crippen LogP contribution in [0.5, 0.6) is 0 Å². The van der Waals surface area contributed by atoms with Gasteiger partial charge in [-0.15, -0.1) is 0 Å². The largest absolute Gasteiger partial charge is 0.461 e. The summed E-state index contributed by atoms with van der Waals surface area (Å²) in [5.74, 6) is -0.469. The molecule has 37 heavy (non-hydrogen) atoms. The number of aromatic nitrogens is 4. The number of aliphatic hydroxyl groups excluding tert-OH is 1. The molecule has 3 heterocycles. The van der Waals surface area contributed by atoms with Gasteiger partial charge in [0.05, 0.1) is 30.0 Å². The normalized spacial score (nSPS) is 24.5. The van der Waals surface area contributed by atoms with E-state index in [0.717, 1.165) is 0 Å². The van der Waals surface area contributed by atoms with Crippen LogP contribution in [0.1, 0.15) is 44.3 Å².